The molecule has 0 bridgehead atoms. The summed E-state index contributed by atoms with van der Waals surface area (Å²) in [5.41, 5.74) is 5.84. The lowest BCUT2D eigenvalue weighted by Crippen LogP contribution is -2.22. The predicted octanol–water partition coefficient (Wildman–Crippen LogP) is 4.65. The quantitative estimate of drug-likeness (QED) is 0.420. The summed E-state index contributed by atoms with van der Waals surface area (Å²) in [4.78, 5) is 29.0. The Morgan fingerprint density at radius 1 is 1.13 bits per heavy atom. The highest BCUT2D eigenvalue weighted by Gasteiger charge is 2.15. The van der Waals surface area contributed by atoms with E-state index in [-0.39, 0.29) is 18.3 Å². The number of nitrogens with zero attached hydrogens (tertiary/aromatic N) is 2. The summed E-state index contributed by atoms with van der Waals surface area (Å²) in [5, 5.41) is 3.62. The number of rotatable bonds is 8. The number of para-hydroxylation sites is 2. The number of imidazole rings is 1. The topological polar surface area (TPSA) is 73.2 Å². The standard InChI is InChI=1S/C23H27N3O3S/c1-5-10-26-19-9-7-6-8-18(19)24-23(26)30-14-21(28)29-13-20(27)25-22-16(3)11-15(2)12-17(22)4/h6-9,11-12H,5,10,13-14H2,1-4H3,(H,25,27). The lowest BCUT2D eigenvalue weighted by Gasteiger charge is -2.13. The van der Waals surface area contributed by atoms with Crippen molar-refractivity contribution in [3.63, 3.8) is 0 Å². The number of ether oxygens (including phenoxy) is 1. The van der Waals surface area contributed by atoms with E-state index in [0.717, 1.165) is 51.5 Å². The third-order valence-corrected chi connectivity index (χ3v) is 5.64. The minimum atomic E-state index is -0.442. The Kier molecular flexibility index (Phi) is 7.15. The molecular formula is C23H27N3O3S. The summed E-state index contributed by atoms with van der Waals surface area (Å²) in [6.45, 7) is 8.53. The van der Waals surface area contributed by atoms with Crippen molar-refractivity contribution in [1.82, 2.24) is 9.55 Å². The molecular weight excluding hydrogens is 398 g/mol. The van der Waals surface area contributed by atoms with Crippen molar-refractivity contribution in [2.24, 2.45) is 0 Å². The first-order valence-electron chi connectivity index (χ1n) is 10.0. The average molecular weight is 426 g/mol. The maximum atomic E-state index is 12.2. The molecule has 3 rings (SSSR count). The van der Waals surface area contributed by atoms with Crippen LogP contribution >= 0.6 is 11.8 Å². The molecule has 158 valence electrons. The van der Waals surface area contributed by atoms with Crippen molar-refractivity contribution in [1.29, 1.82) is 0 Å². The van der Waals surface area contributed by atoms with Gasteiger partial charge in [-0.1, -0.05) is 48.5 Å². The van der Waals surface area contributed by atoms with Gasteiger partial charge in [0.1, 0.15) is 0 Å². The summed E-state index contributed by atoms with van der Waals surface area (Å²) in [6, 6.07) is 11.9. The fraction of sp³-hybridized carbons (Fsp3) is 0.348. The number of anilines is 1. The molecule has 1 amide bonds. The van der Waals surface area contributed by atoms with Gasteiger partial charge in [-0.3, -0.25) is 9.59 Å². The maximum Gasteiger partial charge on any atom is 0.316 e. The highest BCUT2D eigenvalue weighted by molar-refractivity contribution is 7.99. The van der Waals surface area contributed by atoms with Gasteiger partial charge < -0.3 is 14.6 Å². The van der Waals surface area contributed by atoms with Gasteiger partial charge in [0.2, 0.25) is 0 Å². The maximum absolute atomic E-state index is 12.2. The van der Waals surface area contributed by atoms with Crippen LogP contribution in [0.1, 0.15) is 30.0 Å². The van der Waals surface area contributed by atoms with Crippen LogP contribution in [0.2, 0.25) is 0 Å². The normalized spacial score (nSPS) is 10.9. The molecule has 0 spiro atoms. The second-order valence-electron chi connectivity index (χ2n) is 7.31. The molecule has 0 fully saturated rings. The Labute approximate surface area is 181 Å². The Bertz CT molecular complexity index is 1050. The first kappa shape index (κ1) is 21.9. The molecule has 2 aromatic carbocycles. The highest BCUT2D eigenvalue weighted by atomic mass is 32.2. The van der Waals surface area contributed by atoms with Gasteiger partial charge in [0.05, 0.1) is 16.8 Å². The fourth-order valence-corrected chi connectivity index (χ4v) is 4.31. The van der Waals surface area contributed by atoms with Crippen molar-refractivity contribution < 1.29 is 14.3 Å². The van der Waals surface area contributed by atoms with Gasteiger partial charge in [-0.2, -0.15) is 0 Å². The number of fused-ring (bicyclic) bond motifs is 1. The molecule has 0 unspecified atom stereocenters. The second kappa shape index (κ2) is 9.80. The summed E-state index contributed by atoms with van der Waals surface area (Å²) in [6.07, 6.45) is 0.969. The van der Waals surface area contributed by atoms with E-state index in [2.05, 4.69) is 21.8 Å². The van der Waals surface area contributed by atoms with E-state index in [4.69, 9.17) is 4.74 Å². The summed E-state index contributed by atoms with van der Waals surface area (Å²) < 4.78 is 7.28. The largest absolute Gasteiger partial charge is 0.455 e. The zero-order chi connectivity index (χ0) is 21.7. The van der Waals surface area contributed by atoms with Crippen molar-refractivity contribution in [2.45, 2.75) is 45.8 Å². The fourth-order valence-electron chi connectivity index (χ4n) is 3.47. The Hall–Kier alpha value is -2.80. The molecule has 7 heteroatoms. The van der Waals surface area contributed by atoms with Gasteiger partial charge in [-0.25, -0.2) is 4.98 Å². The monoisotopic (exact) mass is 425 g/mol. The van der Waals surface area contributed by atoms with Crippen LogP contribution < -0.4 is 5.32 Å². The van der Waals surface area contributed by atoms with Gasteiger partial charge in [-0.05, 0) is 50.5 Å². The second-order valence-corrected chi connectivity index (χ2v) is 8.25. The lowest BCUT2D eigenvalue weighted by molar-refractivity contribution is -0.144. The number of aromatic nitrogens is 2. The molecule has 0 aliphatic heterocycles. The first-order chi connectivity index (χ1) is 14.4. The third kappa shape index (κ3) is 5.21. The average Bonchev–Trinajstić information content (AvgIpc) is 3.05. The van der Waals surface area contributed by atoms with E-state index >= 15 is 0 Å². The van der Waals surface area contributed by atoms with Crippen molar-refractivity contribution in [3.05, 3.63) is 53.1 Å². The van der Waals surface area contributed by atoms with Gasteiger partial charge in [-0.15, -0.1) is 0 Å². The molecule has 0 aliphatic rings. The number of nitrogens with one attached hydrogen (secondary N) is 1. The van der Waals surface area contributed by atoms with Crippen LogP contribution in [0.25, 0.3) is 11.0 Å². The molecule has 0 saturated heterocycles. The van der Waals surface area contributed by atoms with Gasteiger partial charge in [0, 0.05) is 12.2 Å². The number of esters is 1. The van der Waals surface area contributed by atoms with Crippen molar-refractivity contribution in [3.8, 4) is 0 Å². The number of hydrogen-bond acceptors (Lipinski definition) is 5. The van der Waals surface area contributed by atoms with Crippen LogP contribution in [-0.2, 0) is 20.9 Å². The number of carbonyl (C=O) groups excluding carboxylic acids is 2. The Morgan fingerprint density at radius 2 is 1.83 bits per heavy atom. The van der Waals surface area contributed by atoms with Crippen molar-refractivity contribution >= 4 is 40.4 Å². The summed E-state index contributed by atoms with van der Waals surface area (Å²) >= 11 is 1.33. The molecule has 1 aromatic heterocycles. The molecule has 0 aliphatic carbocycles. The minimum Gasteiger partial charge on any atom is -0.455 e. The third-order valence-electron chi connectivity index (χ3n) is 4.69. The van der Waals surface area contributed by atoms with Crippen LogP contribution in [0, 0.1) is 20.8 Å². The van der Waals surface area contributed by atoms with Crippen LogP contribution in [-0.4, -0.2) is 33.8 Å². The van der Waals surface area contributed by atoms with E-state index in [1.54, 1.807) is 0 Å². The smallest absolute Gasteiger partial charge is 0.316 e. The van der Waals surface area contributed by atoms with Crippen LogP contribution in [0.3, 0.4) is 0 Å². The molecule has 30 heavy (non-hydrogen) atoms. The van der Waals surface area contributed by atoms with E-state index in [1.165, 1.54) is 11.8 Å². The van der Waals surface area contributed by atoms with Crippen molar-refractivity contribution in [2.75, 3.05) is 17.7 Å². The summed E-state index contributed by atoms with van der Waals surface area (Å²) in [7, 11) is 0. The number of amides is 1. The molecule has 0 saturated carbocycles. The zero-order valence-corrected chi connectivity index (χ0v) is 18.6. The lowest BCUT2D eigenvalue weighted by atomic mass is 10.1. The van der Waals surface area contributed by atoms with E-state index in [9.17, 15) is 9.59 Å². The Balaban J connectivity index is 1.55. The highest BCUT2D eigenvalue weighted by Crippen LogP contribution is 2.25. The molecule has 1 heterocycles. The number of benzene rings is 2. The minimum absolute atomic E-state index is 0.100. The molecule has 6 nitrogen and oxygen atoms in total. The molecule has 1 N–H and O–H groups in total. The number of thioether (sulfide) groups is 1. The molecule has 3 aromatic rings. The number of hydrogen-bond donors (Lipinski definition) is 1. The number of carbonyl (C=O) groups is 2. The van der Waals surface area contributed by atoms with E-state index < -0.39 is 5.97 Å². The van der Waals surface area contributed by atoms with Gasteiger partial charge >= 0.3 is 5.97 Å². The van der Waals surface area contributed by atoms with Crippen LogP contribution in [0.15, 0.2) is 41.6 Å². The Morgan fingerprint density at radius 3 is 2.53 bits per heavy atom. The van der Waals surface area contributed by atoms with Crippen LogP contribution in [0.5, 0.6) is 0 Å². The van der Waals surface area contributed by atoms with Gasteiger partial charge in [0.25, 0.3) is 5.91 Å². The predicted molar refractivity (Wildman–Crippen MR) is 121 cm³/mol. The van der Waals surface area contributed by atoms with E-state index in [1.807, 2.05) is 57.2 Å². The van der Waals surface area contributed by atoms with Crippen LogP contribution in [0.4, 0.5) is 5.69 Å². The number of aryl methyl sites for hydroxylation is 4. The summed E-state index contributed by atoms with van der Waals surface area (Å²) in [5.74, 6) is -0.688. The van der Waals surface area contributed by atoms with Gasteiger partial charge in [0.15, 0.2) is 11.8 Å². The molecule has 0 atom stereocenters. The SMILES string of the molecule is CCCn1c(SCC(=O)OCC(=O)Nc2c(C)cc(C)cc2C)nc2ccccc21. The zero-order valence-electron chi connectivity index (χ0n) is 17.8. The van der Waals surface area contributed by atoms with E-state index in [0.29, 0.717) is 0 Å². The first-order valence-corrected chi connectivity index (χ1v) is 11.0. The molecule has 0 radical (unpaired) electrons.